The lowest BCUT2D eigenvalue weighted by molar-refractivity contribution is -0.488. The molecule has 64 valence electrons. The molecule has 0 heterocycles. The van der Waals surface area contributed by atoms with Crippen LogP contribution < -0.4 is 0 Å². The van der Waals surface area contributed by atoms with E-state index < -0.39 is 0 Å². The first-order valence-corrected chi connectivity index (χ1v) is 4.34. The molecule has 3 nitrogen and oxygen atoms in total. The van der Waals surface area contributed by atoms with Gasteiger partial charge in [0.1, 0.15) is 0 Å². The van der Waals surface area contributed by atoms with Crippen molar-refractivity contribution in [2.45, 2.75) is 32.6 Å². The van der Waals surface area contributed by atoms with Gasteiger partial charge in [-0.05, 0) is 25.2 Å². The van der Waals surface area contributed by atoms with Crippen molar-refractivity contribution in [2.24, 2.45) is 11.8 Å². The number of rotatable bonds is 3. The zero-order valence-corrected chi connectivity index (χ0v) is 6.95. The van der Waals surface area contributed by atoms with Gasteiger partial charge in [0, 0.05) is 10.8 Å². The molecule has 1 aliphatic rings. The maximum atomic E-state index is 10.2. The lowest BCUT2D eigenvalue weighted by Gasteiger charge is -2.04. The maximum Gasteiger partial charge on any atom is 0.206 e. The predicted octanol–water partition coefficient (Wildman–Crippen LogP) is 2.09. The van der Waals surface area contributed by atoms with Crippen molar-refractivity contribution in [2.75, 3.05) is 6.54 Å². The number of hydrogen-bond donors (Lipinski definition) is 0. The van der Waals surface area contributed by atoms with Crippen LogP contribution in [0.4, 0.5) is 0 Å². The molecule has 1 aliphatic carbocycles. The number of nitrogens with zero attached hydrogens (tertiary/aromatic N) is 1. The van der Waals surface area contributed by atoms with E-state index >= 15 is 0 Å². The Morgan fingerprint density at radius 3 is 2.55 bits per heavy atom. The lowest BCUT2D eigenvalue weighted by atomic mass is 10.0. The monoisotopic (exact) mass is 157 g/mol. The van der Waals surface area contributed by atoms with Gasteiger partial charge in [-0.3, -0.25) is 10.1 Å². The highest BCUT2D eigenvalue weighted by molar-refractivity contribution is 4.73. The summed E-state index contributed by atoms with van der Waals surface area (Å²) in [5.41, 5.74) is 0. The highest BCUT2D eigenvalue weighted by Crippen LogP contribution is 2.32. The molecule has 2 atom stereocenters. The smallest absolute Gasteiger partial charge is 0.206 e. The van der Waals surface area contributed by atoms with E-state index in [1.54, 1.807) is 0 Å². The van der Waals surface area contributed by atoms with Crippen LogP contribution in [0.5, 0.6) is 0 Å². The first kappa shape index (κ1) is 8.50. The van der Waals surface area contributed by atoms with E-state index in [-0.39, 0.29) is 11.5 Å². The summed E-state index contributed by atoms with van der Waals surface area (Å²) in [4.78, 5) is 9.98. The zero-order chi connectivity index (χ0) is 8.27. The Morgan fingerprint density at radius 1 is 1.45 bits per heavy atom. The van der Waals surface area contributed by atoms with Crippen molar-refractivity contribution < 1.29 is 4.92 Å². The van der Waals surface area contributed by atoms with Crippen LogP contribution in [0.25, 0.3) is 0 Å². The number of hydrogen-bond acceptors (Lipinski definition) is 2. The molecule has 0 amide bonds. The van der Waals surface area contributed by atoms with Crippen LogP contribution in [0.1, 0.15) is 32.6 Å². The van der Waals surface area contributed by atoms with Crippen LogP contribution >= 0.6 is 0 Å². The fourth-order valence-electron chi connectivity index (χ4n) is 1.93. The Bertz CT molecular complexity index is 147. The molecule has 0 radical (unpaired) electrons. The topological polar surface area (TPSA) is 43.1 Å². The van der Waals surface area contributed by atoms with Crippen molar-refractivity contribution in [3.05, 3.63) is 10.1 Å². The van der Waals surface area contributed by atoms with E-state index in [1.807, 2.05) is 0 Å². The Hall–Kier alpha value is -0.600. The third-order valence-corrected chi connectivity index (χ3v) is 2.63. The van der Waals surface area contributed by atoms with Crippen LogP contribution in [0.3, 0.4) is 0 Å². The summed E-state index contributed by atoms with van der Waals surface area (Å²) < 4.78 is 0. The van der Waals surface area contributed by atoms with Crippen molar-refractivity contribution in [3.63, 3.8) is 0 Å². The molecule has 0 spiro atoms. The summed E-state index contributed by atoms with van der Waals surface area (Å²) in [5.74, 6) is 1.13. The van der Waals surface area contributed by atoms with Gasteiger partial charge in [0.15, 0.2) is 0 Å². The van der Waals surface area contributed by atoms with Gasteiger partial charge in [-0.1, -0.05) is 13.3 Å². The minimum atomic E-state index is -0.178. The molecular weight excluding hydrogens is 142 g/mol. The second kappa shape index (κ2) is 3.69. The van der Waals surface area contributed by atoms with Gasteiger partial charge < -0.3 is 0 Å². The fourth-order valence-corrected chi connectivity index (χ4v) is 1.93. The largest absolute Gasteiger partial charge is 0.265 e. The summed E-state index contributed by atoms with van der Waals surface area (Å²) >= 11 is 0. The predicted molar refractivity (Wildman–Crippen MR) is 43.0 cm³/mol. The highest BCUT2D eigenvalue weighted by atomic mass is 16.6. The minimum Gasteiger partial charge on any atom is -0.265 e. The van der Waals surface area contributed by atoms with Crippen molar-refractivity contribution in [1.29, 1.82) is 0 Å². The van der Waals surface area contributed by atoms with Crippen molar-refractivity contribution >= 4 is 0 Å². The van der Waals surface area contributed by atoms with Gasteiger partial charge in [-0.15, -0.1) is 0 Å². The summed E-state index contributed by atoms with van der Waals surface area (Å²) in [6.45, 7) is 2.36. The second-order valence-corrected chi connectivity index (χ2v) is 3.47. The Balaban J connectivity index is 2.24. The Labute approximate surface area is 66.9 Å². The Morgan fingerprint density at radius 2 is 2.09 bits per heavy atom. The molecule has 11 heavy (non-hydrogen) atoms. The molecule has 0 aromatic rings. The molecule has 2 unspecified atom stereocenters. The third-order valence-electron chi connectivity index (χ3n) is 2.63. The SMILES string of the molecule is CCC1CCC(C[N+](=O)[O-])C1. The van der Waals surface area contributed by atoms with Gasteiger partial charge in [0.2, 0.25) is 6.54 Å². The number of nitro groups is 1. The summed E-state index contributed by atoms with van der Waals surface area (Å²) in [7, 11) is 0. The quantitative estimate of drug-likeness (QED) is 0.465. The molecule has 0 aromatic carbocycles. The molecule has 0 aromatic heterocycles. The Kier molecular flexibility index (Phi) is 2.85. The maximum absolute atomic E-state index is 10.2. The first-order valence-electron chi connectivity index (χ1n) is 4.34. The molecule has 0 aliphatic heterocycles. The third kappa shape index (κ3) is 2.48. The molecule has 1 fully saturated rings. The summed E-state index contributed by atoms with van der Waals surface area (Å²) in [6, 6.07) is 0. The van der Waals surface area contributed by atoms with Crippen LogP contribution in [0, 0.1) is 22.0 Å². The van der Waals surface area contributed by atoms with E-state index in [9.17, 15) is 10.1 Å². The molecule has 0 N–H and O–H groups in total. The lowest BCUT2D eigenvalue weighted by Crippen LogP contribution is -2.11. The molecule has 3 heteroatoms. The molecule has 1 rings (SSSR count). The van der Waals surface area contributed by atoms with Gasteiger partial charge >= 0.3 is 0 Å². The van der Waals surface area contributed by atoms with Gasteiger partial charge in [0.25, 0.3) is 0 Å². The van der Waals surface area contributed by atoms with Gasteiger partial charge in [-0.2, -0.15) is 0 Å². The molecule has 0 saturated heterocycles. The van der Waals surface area contributed by atoms with E-state index in [1.165, 1.54) is 12.8 Å². The average Bonchev–Trinajstić information content (AvgIpc) is 2.34. The average molecular weight is 157 g/mol. The van der Waals surface area contributed by atoms with Crippen LogP contribution in [0.2, 0.25) is 0 Å². The molecule has 1 saturated carbocycles. The van der Waals surface area contributed by atoms with E-state index in [0.29, 0.717) is 5.92 Å². The first-order chi connectivity index (χ1) is 5.22. The van der Waals surface area contributed by atoms with Crippen LogP contribution in [-0.2, 0) is 0 Å². The van der Waals surface area contributed by atoms with Crippen molar-refractivity contribution in [3.8, 4) is 0 Å². The molecular formula is C8H15NO2. The second-order valence-electron chi connectivity index (χ2n) is 3.47. The van der Waals surface area contributed by atoms with E-state index in [4.69, 9.17) is 0 Å². The van der Waals surface area contributed by atoms with Crippen LogP contribution in [0.15, 0.2) is 0 Å². The fraction of sp³-hybridized carbons (Fsp3) is 1.00. The van der Waals surface area contributed by atoms with E-state index in [2.05, 4.69) is 6.92 Å². The standard InChI is InChI=1S/C8H15NO2/c1-2-7-3-4-8(5-7)6-9(10)11/h7-8H,2-6H2,1H3. The molecule has 0 bridgehead atoms. The highest BCUT2D eigenvalue weighted by Gasteiger charge is 2.26. The normalized spacial score (nSPS) is 30.6. The van der Waals surface area contributed by atoms with Gasteiger partial charge in [-0.25, -0.2) is 0 Å². The summed E-state index contributed by atoms with van der Waals surface area (Å²) in [6.07, 6.45) is 4.54. The zero-order valence-electron chi connectivity index (χ0n) is 6.95. The van der Waals surface area contributed by atoms with Crippen molar-refractivity contribution in [1.82, 2.24) is 0 Å². The van der Waals surface area contributed by atoms with Crippen LogP contribution in [-0.4, -0.2) is 11.5 Å². The van der Waals surface area contributed by atoms with E-state index in [0.717, 1.165) is 18.8 Å². The summed E-state index contributed by atoms with van der Waals surface area (Å²) in [5, 5.41) is 10.2. The van der Waals surface area contributed by atoms with Gasteiger partial charge in [0.05, 0.1) is 0 Å². The minimum absolute atomic E-state index is 0.178.